The van der Waals surface area contributed by atoms with E-state index < -0.39 is 5.60 Å². The van der Waals surface area contributed by atoms with Gasteiger partial charge in [0.15, 0.2) is 0 Å². The zero-order valence-electron chi connectivity index (χ0n) is 11.5. The lowest BCUT2D eigenvalue weighted by Crippen LogP contribution is -2.53. The molecule has 1 N–H and O–H groups in total. The Labute approximate surface area is 110 Å². The highest BCUT2D eigenvalue weighted by molar-refractivity contribution is 5.75. The van der Waals surface area contributed by atoms with Gasteiger partial charge in [0.05, 0.1) is 5.60 Å². The van der Waals surface area contributed by atoms with Gasteiger partial charge in [0.1, 0.15) is 0 Å². The molecule has 0 aromatic heterocycles. The van der Waals surface area contributed by atoms with Crippen molar-refractivity contribution >= 4 is 5.91 Å². The minimum Gasteiger partial charge on any atom is -0.389 e. The van der Waals surface area contributed by atoms with Crippen LogP contribution in [0.3, 0.4) is 0 Å². The first-order valence-electron chi connectivity index (χ1n) is 7.35. The third-order valence-corrected chi connectivity index (χ3v) is 4.33. The highest BCUT2D eigenvalue weighted by Crippen LogP contribution is 2.29. The molecular weight excluding hydrogens is 228 g/mol. The largest absolute Gasteiger partial charge is 0.389 e. The third kappa shape index (κ3) is 3.45. The molecule has 4 nitrogen and oxygen atoms in total. The van der Waals surface area contributed by atoms with Gasteiger partial charge < -0.3 is 10.0 Å². The number of hydrogen-bond acceptors (Lipinski definition) is 3. The maximum absolute atomic E-state index is 11.6. The second kappa shape index (κ2) is 6.02. The Balaban J connectivity index is 1.77. The normalized spacial score (nSPS) is 25.1. The lowest BCUT2D eigenvalue weighted by molar-refractivity contribution is -0.133. The highest BCUT2D eigenvalue weighted by atomic mass is 16.3. The van der Waals surface area contributed by atoms with Crippen LogP contribution in [0.25, 0.3) is 0 Å². The number of carbonyl (C=O) groups excluding carboxylic acids is 1. The van der Waals surface area contributed by atoms with E-state index in [2.05, 4.69) is 4.90 Å². The molecule has 4 heteroatoms. The van der Waals surface area contributed by atoms with Gasteiger partial charge in [0.2, 0.25) is 5.91 Å². The standard InChI is InChI=1S/C14H26N2O2/c1-2-13(17)16-10-8-15(9-11-16)12-14(18)6-4-3-5-7-14/h18H,2-12H2,1H3. The van der Waals surface area contributed by atoms with E-state index in [1.54, 1.807) is 0 Å². The number of β-amino-alcohol motifs (C(OH)–C–C–N with tert-alkyl or cyclic N) is 1. The smallest absolute Gasteiger partial charge is 0.222 e. The Bertz CT molecular complexity index is 280. The molecule has 2 rings (SSSR count). The molecule has 2 fully saturated rings. The van der Waals surface area contributed by atoms with Crippen molar-refractivity contribution in [2.24, 2.45) is 0 Å². The van der Waals surface area contributed by atoms with Gasteiger partial charge in [-0.3, -0.25) is 9.69 Å². The average Bonchev–Trinajstić information content (AvgIpc) is 2.39. The number of hydrogen-bond donors (Lipinski definition) is 1. The molecule has 0 aromatic carbocycles. The quantitative estimate of drug-likeness (QED) is 0.824. The molecule has 0 unspecified atom stereocenters. The SMILES string of the molecule is CCC(=O)N1CCN(CC2(O)CCCCC2)CC1. The number of nitrogens with zero attached hydrogens (tertiary/aromatic N) is 2. The van der Waals surface area contributed by atoms with E-state index >= 15 is 0 Å². The molecule has 1 saturated carbocycles. The fourth-order valence-electron chi connectivity index (χ4n) is 3.16. The molecule has 1 amide bonds. The zero-order valence-corrected chi connectivity index (χ0v) is 11.5. The molecular formula is C14H26N2O2. The highest BCUT2D eigenvalue weighted by Gasteiger charge is 2.32. The number of piperazine rings is 1. The minimum atomic E-state index is -0.463. The fraction of sp³-hybridized carbons (Fsp3) is 0.929. The molecule has 0 aromatic rings. The first-order chi connectivity index (χ1) is 8.63. The van der Waals surface area contributed by atoms with Gasteiger partial charge in [-0.15, -0.1) is 0 Å². The van der Waals surface area contributed by atoms with Crippen LogP contribution in [0.5, 0.6) is 0 Å². The predicted octanol–water partition coefficient (Wildman–Crippen LogP) is 1.24. The Morgan fingerprint density at radius 1 is 1.11 bits per heavy atom. The van der Waals surface area contributed by atoms with Crippen LogP contribution < -0.4 is 0 Å². The van der Waals surface area contributed by atoms with Crippen LogP contribution in [0, 0.1) is 0 Å². The Morgan fingerprint density at radius 3 is 2.28 bits per heavy atom. The Morgan fingerprint density at radius 2 is 1.72 bits per heavy atom. The van der Waals surface area contributed by atoms with Crippen LogP contribution >= 0.6 is 0 Å². The number of rotatable bonds is 3. The zero-order chi connectivity index (χ0) is 13.0. The fourth-order valence-corrected chi connectivity index (χ4v) is 3.16. The molecule has 0 radical (unpaired) electrons. The van der Waals surface area contributed by atoms with Gasteiger partial charge in [-0.2, -0.15) is 0 Å². The molecule has 1 aliphatic carbocycles. The van der Waals surface area contributed by atoms with Gasteiger partial charge in [0, 0.05) is 39.1 Å². The van der Waals surface area contributed by atoms with Gasteiger partial charge >= 0.3 is 0 Å². The molecule has 0 spiro atoms. The summed E-state index contributed by atoms with van der Waals surface area (Å²) >= 11 is 0. The molecule has 1 saturated heterocycles. The third-order valence-electron chi connectivity index (χ3n) is 4.33. The lowest BCUT2D eigenvalue weighted by Gasteiger charge is -2.41. The van der Waals surface area contributed by atoms with Crippen molar-refractivity contribution in [2.45, 2.75) is 51.0 Å². The first-order valence-corrected chi connectivity index (χ1v) is 7.35. The summed E-state index contributed by atoms with van der Waals surface area (Å²) in [5, 5.41) is 10.5. The summed E-state index contributed by atoms with van der Waals surface area (Å²) in [5.74, 6) is 0.256. The van der Waals surface area contributed by atoms with Crippen molar-refractivity contribution < 1.29 is 9.90 Å². The van der Waals surface area contributed by atoms with Gasteiger partial charge in [-0.25, -0.2) is 0 Å². The van der Waals surface area contributed by atoms with Crippen LogP contribution in [0.4, 0.5) is 0 Å². The summed E-state index contributed by atoms with van der Waals surface area (Å²) in [6, 6.07) is 0. The van der Waals surface area contributed by atoms with Crippen LogP contribution in [-0.2, 0) is 4.79 Å². The Kier molecular flexibility index (Phi) is 4.62. The van der Waals surface area contributed by atoms with Crippen molar-refractivity contribution in [3.8, 4) is 0 Å². The van der Waals surface area contributed by atoms with E-state index in [0.29, 0.717) is 6.42 Å². The minimum absolute atomic E-state index is 0.256. The molecule has 1 aliphatic heterocycles. The predicted molar refractivity (Wildman–Crippen MR) is 71.3 cm³/mol. The second-order valence-corrected chi connectivity index (χ2v) is 5.80. The Hall–Kier alpha value is -0.610. The van der Waals surface area contributed by atoms with Gasteiger partial charge in [-0.05, 0) is 12.8 Å². The summed E-state index contributed by atoms with van der Waals surface area (Å²) in [5.41, 5.74) is -0.463. The van der Waals surface area contributed by atoms with Crippen LogP contribution in [-0.4, -0.2) is 59.1 Å². The van der Waals surface area contributed by atoms with E-state index in [1.807, 2.05) is 11.8 Å². The van der Waals surface area contributed by atoms with E-state index in [1.165, 1.54) is 6.42 Å². The van der Waals surface area contributed by atoms with Crippen LogP contribution in [0.1, 0.15) is 45.4 Å². The summed E-state index contributed by atoms with van der Waals surface area (Å²) in [6.45, 7) is 6.17. The van der Waals surface area contributed by atoms with Crippen molar-refractivity contribution in [1.82, 2.24) is 9.80 Å². The van der Waals surface area contributed by atoms with Gasteiger partial charge in [0.25, 0.3) is 0 Å². The van der Waals surface area contributed by atoms with E-state index in [0.717, 1.165) is 58.4 Å². The van der Waals surface area contributed by atoms with E-state index in [9.17, 15) is 9.90 Å². The number of carbonyl (C=O) groups is 1. The summed E-state index contributed by atoms with van der Waals surface area (Å²) < 4.78 is 0. The van der Waals surface area contributed by atoms with Crippen molar-refractivity contribution in [3.63, 3.8) is 0 Å². The van der Waals surface area contributed by atoms with Crippen molar-refractivity contribution in [1.29, 1.82) is 0 Å². The lowest BCUT2D eigenvalue weighted by atomic mass is 9.84. The average molecular weight is 254 g/mol. The topological polar surface area (TPSA) is 43.8 Å². The van der Waals surface area contributed by atoms with E-state index in [-0.39, 0.29) is 5.91 Å². The van der Waals surface area contributed by atoms with Crippen molar-refractivity contribution in [2.75, 3.05) is 32.7 Å². The van der Waals surface area contributed by atoms with Crippen LogP contribution in [0.15, 0.2) is 0 Å². The summed E-state index contributed by atoms with van der Waals surface area (Å²) in [7, 11) is 0. The molecule has 0 bridgehead atoms. The van der Waals surface area contributed by atoms with Crippen LogP contribution in [0.2, 0.25) is 0 Å². The summed E-state index contributed by atoms with van der Waals surface area (Å²) in [4.78, 5) is 15.9. The molecule has 18 heavy (non-hydrogen) atoms. The summed E-state index contributed by atoms with van der Waals surface area (Å²) in [6.07, 6.45) is 6.07. The van der Waals surface area contributed by atoms with Crippen molar-refractivity contribution in [3.05, 3.63) is 0 Å². The monoisotopic (exact) mass is 254 g/mol. The number of amides is 1. The maximum Gasteiger partial charge on any atom is 0.222 e. The second-order valence-electron chi connectivity index (χ2n) is 5.80. The first kappa shape index (κ1) is 13.8. The van der Waals surface area contributed by atoms with E-state index in [4.69, 9.17) is 0 Å². The van der Waals surface area contributed by atoms with Gasteiger partial charge in [-0.1, -0.05) is 26.2 Å². The molecule has 0 atom stereocenters. The molecule has 104 valence electrons. The molecule has 1 heterocycles. The maximum atomic E-state index is 11.6. The molecule has 2 aliphatic rings. The number of aliphatic hydroxyl groups is 1.